The fourth-order valence-electron chi connectivity index (χ4n) is 2.58. The molecule has 1 amide bonds. The predicted molar refractivity (Wildman–Crippen MR) is 83.9 cm³/mol. The van der Waals surface area contributed by atoms with Crippen molar-refractivity contribution >= 4 is 5.91 Å². The van der Waals surface area contributed by atoms with Crippen LogP contribution in [0, 0.1) is 12.8 Å². The SMILES string of the molecule is Cc1ccc(C2OCCCC2C(=O)NCC(C)(C)N)cc1. The van der Waals surface area contributed by atoms with Crippen LogP contribution < -0.4 is 11.1 Å². The molecule has 1 aromatic rings. The van der Waals surface area contributed by atoms with E-state index in [4.69, 9.17) is 10.5 Å². The number of amides is 1. The van der Waals surface area contributed by atoms with Gasteiger partial charge in [-0.05, 0) is 39.2 Å². The average molecular weight is 290 g/mol. The minimum atomic E-state index is -0.398. The number of rotatable bonds is 4. The number of carbonyl (C=O) groups excluding carboxylic acids is 1. The summed E-state index contributed by atoms with van der Waals surface area (Å²) in [6.07, 6.45) is 1.63. The van der Waals surface area contributed by atoms with Gasteiger partial charge in [0.2, 0.25) is 5.91 Å². The molecule has 1 saturated heterocycles. The summed E-state index contributed by atoms with van der Waals surface area (Å²) < 4.78 is 5.88. The van der Waals surface area contributed by atoms with Gasteiger partial charge in [-0.15, -0.1) is 0 Å². The highest BCUT2D eigenvalue weighted by molar-refractivity contribution is 5.79. The minimum absolute atomic E-state index is 0.0406. The van der Waals surface area contributed by atoms with E-state index in [2.05, 4.69) is 36.5 Å². The van der Waals surface area contributed by atoms with Crippen LogP contribution in [0.3, 0.4) is 0 Å². The van der Waals surface area contributed by atoms with Crippen LogP contribution in [0.1, 0.15) is 43.9 Å². The standard InChI is InChI=1S/C17H26N2O2/c1-12-6-8-13(9-7-12)15-14(5-4-10-21-15)16(20)19-11-17(2,3)18/h6-9,14-15H,4-5,10-11,18H2,1-3H3,(H,19,20). The fourth-order valence-corrected chi connectivity index (χ4v) is 2.58. The number of ether oxygens (including phenoxy) is 1. The first kappa shape index (κ1) is 16.0. The van der Waals surface area contributed by atoms with Gasteiger partial charge in [0.1, 0.15) is 0 Å². The molecule has 0 spiro atoms. The van der Waals surface area contributed by atoms with E-state index in [1.807, 2.05) is 13.8 Å². The van der Waals surface area contributed by atoms with Gasteiger partial charge in [0.15, 0.2) is 0 Å². The zero-order valence-corrected chi connectivity index (χ0v) is 13.2. The second-order valence-corrected chi connectivity index (χ2v) is 6.66. The molecule has 4 nitrogen and oxygen atoms in total. The molecule has 2 unspecified atom stereocenters. The molecular formula is C17H26N2O2. The van der Waals surface area contributed by atoms with Crippen molar-refractivity contribution < 1.29 is 9.53 Å². The number of carbonyl (C=O) groups is 1. The van der Waals surface area contributed by atoms with Gasteiger partial charge < -0.3 is 15.8 Å². The van der Waals surface area contributed by atoms with E-state index in [-0.39, 0.29) is 17.9 Å². The monoisotopic (exact) mass is 290 g/mol. The van der Waals surface area contributed by atoms with E-state index >= 15 is 0 Å². The molecule has 0 bridgehead atoms. The molecule has 1 aliphatic rings. The smallest absolute Gasteiger partial charge is 0.226 e. The molecule has 3 N–H and O–H groups in total. The Balaban J connectivity index is 2.08. The lowest BCUT2D eigenvalue weighted by Crippen LogP contribution is -2.48. The van der Waals surface area contributed by atoms with Gasteiger partial charge >= 0.3 is 0 Å². The quantitative estimate of drug-likeness (QED) is 0.894. The maximum Gasteiger partial charge on any atom is 0.226 e. The molecule has 4 heteroatoms. The fraction of sp³-hybridized carbons (Fsp3) is 0.588. The molecule has 2 atom stereocenters. The maximum absolute atomic E-state index is 12.4. The Kier molecular flexibility index (Phi) is 5.01. The summed E-state index contributed by atoms with van der Waals surface area (Å²) in [4.78, 5) is 12.4. The number of nitrogens with two attached hydrogens (primary N) is 1. The number of hydrogen-bond donors (Lipinski definition) is 2. The van der Waals surface area contributed by atoms with Gasteiger partial charge in [0, 0.05) is 18.7 Å². The van der Waals surface area contributed by atoms with Gasteiger partial charge in [0.25, 0.3) is 0 Å². The molecule has 0 radical (unpaired) electrons. The van der Waals surface area contributed by atoms with Crippen LogP contribution in [-0.4, -0.2) is 24.6 Å². The third-order valence-corrected chi connectivity index (χ3v) is 3.78. The molecule has 21 heavy (non-hydrogen) atoms. The number of benzene rings is 1. The number of nitrogens with one attached hydrogen (secondary N) is 1. The Labute approximate surface area is 127 Å². The zero-order valence-electron chi connectivity index (χ0n) is 13.2. The maximum atomic E-state index is 12.4. The van der Waals surface area contributed by atoms with Crippen molar-refractivity contribution in [2.45, 2.75) is 45.3 Å². The normalized spacial score (nSPS) is 22.9. The predicted octanol–water partition coefficient (Wildman–Crippen LogP) is 2.32. The molecule has 116 valence electrons. The van der Waals surface area contributed by atoms with E-state index in [0.29, 0.717) is 13.2 Å². The minimum Gasteiger partial charge on any atom is -0.373 e. The Bertz CT molecular complexity index is 477. The lowest BCUT2D eigenvalue weighted by molar-refractivity contribution is -0.135. The first-order chi connectivity index (χ1) is 9.87. The Morgan fingerprint density at radius 1 is 1.38 bits per heavy atom. The van der Waals surface area contributed by atoms with Gasteiger partial charge in [-0.25, -0.2) is 0 Å². The van der Waals surface area contributed by atoms with Gasteiger partial charge in [0.05, 0.1) is 12.0 Å². The Morgan fingerprint density at radius 2 is 2.05 bits per heavy atom. The molecule has 1 fully saturated rings. The second kappa shape index (κ2) is 6.58. The topological polar surface area (TPSA) is 64.3 Å². The molecule has 0 aliphatic carbocycles. The van der Waals surface area contributed by atoms with Crippen molar-refractivity contribution in [3.8, 4) is 0 Å². The lowest BCUT2D eigenvalue weighted by Gasteiger charge is -2.32. The van der Waals surface area contributed by atoms with E-state index in [0.717, 1.165) is 18.4 Å². The summed E-state index contributed by atoms with van der Waals surface area (Å²) in [7, 11) is 0. The lowest BCUT2D eigenvalue weighted by atomic mass is 9.88. The van der Waals surface area contributed by atoms with E-state index in [1.54, 1.807) is 0 Å². The van der Waals surface area contributed by atoms with Crippen LogP contribution in [0.2, 0.25) is 0 Å². The third kappa shape index (κ3) is 4.55. The summed E-state index contributed by atoms with van der Waals surface area (Å²) >= 11 is 0. The first-order valence-electron chi connectivity index (χ1n) is 7.61. The van der Waals surface area contributed by atoms with Crippen molar-refractivity contribution in [3.63, 3.8) is 0 Å². The highest BCUT2D eigenvalue weighted by atomic mass is 16.5. The van der Waals surface area contributed by atoms with E-state index in [1.165, 1.54) is 5.56 Å². The highest BCUT2D eigenvalue weighted by Gasteiger charge is 2.33. The second-order valence-electron chi connectivity index (χ2n) is 6.66. The van der Waals surface area contributed by atoms with Crippen molar-refractivity contribution in [1.29, 1.82) is 0 Å². The van der Waals surface area contributed by atoms with Crippen LogP contribution in [0.25, 0.3) is 0 Å². The molecule has 1 heterocycles. The first-order valence-corrected chi connectivity index (χ1v) is 7.61. The molecule has 0 saturated carbocycles. The third-order valence-electron chi connectivity index (χ3n) is 3.78. The summed E-state index contributed by atoms with van der Waals surface area (Å²) in [5, 5.41) is 2.96. The van der Waals surface area contributed by atoms with Crippen LogP contribution in [0.15, 0.2) is 24.3 Å². The van der Waals surface area contributed by atoms with Crippen LogP contribution in [0.4, 0.5) is 0 Å². The zero-order chi connectivity index (χ0) is 15.5. The molecule has 0 aromatic heterocycles. The summed E-state index contributed by atoms with van der Waals surface area (Å²) in [5.74, 6) is -0.0948. The molecular weight excluding hydrogens is 264 g/mol. The number of hydrogen-bond acceptors (Lipinski definition) is 3. The molecule has 2 rings (SSSR count). The van der Waals surface area contributed by atoms with Crippen LogP contribution in [-0.2, 0) is 9.53 Å². The largest absolute Gasteiger partial charge is 0.373 e. The van der Waals surface area contributed by atoms with Crippen molar-refractivity contribution in [1.82, 2.24) is 5.32 Å². The van der Waals surface area contributed by atoms with Gasteiger partial charge in [-0.1, -0.05) is 29.8 Å². The Morgan fingerprint density at radius 3 is 2.67 bits per heavy atom. The highest BCUT2D eigenvalue weighted by Crippen LogP contribution is 2.33. The van der Waals surface area contributed by atoms with E-state index < -0.39 is 5.54 Å². The van der Waals surface area contributed by atoms with Crippen molar-refractivity contribution in [3.05, 3.63) is 35.4 Å². The van der Waals surface area contributed by atoms with Crippen LogP contribution >= 0.6 is 0 Å². The molecule has 1 aromatic carbocycles. The van der Waals surface area contributed by atoms with Crippen molar-refractivity contribution in [2.75, 3.05) is 13.2 Å². The van der Waals surface area contributed by atoms with Gasteiger partial charge in [-0.3, -0.25) is 4.79 Å². The summed E-state index contributed by atoms with van der Waals surface area (Å²) in [6.45, 7) is 7.05. The number of aryl methyl sites for hydroxylation is 1. The summed E-state index contributed by atoms with van der Waals surface area (Å²) in [5.41, 5.74) is 7.82. The molecule has 1 aliphatic heterocycles. The Hall–Kier alpha value is -1.39. The summed E-state index contributed by atoms with van der Waals surface area (Å²) in [6, 6.07) is 8.23. The van der Waals surface area contributed by atoms with Crippen LogP contribution in [0.5, 0.6) is 0 Å². The average Bonchev–Trinajstić information content (AvgIpc) is 2.45. The van der Waals surface area contributed by atoms with E-state index in [9.17, 15) is 4.79 Å². The van der Waals surface area contributed by atoms with Crippen molar-refractivity contribution in [2.24, 2.45) is 11.7 Å². The van der Waals surface area contributed by atoms with Gasteiger partial charge in [-0.2, -0.15) is 0 Å².